The Hall–Kier alpha value is -1.27. The van der Waals surface area contributed by atoms with Crippen molar-refractivity contribution < 1.29 is 4.74 Å². The molecule has 5 nitrogen and oxygen atoms in total. The van der Waals surface area contributed by atoms with Gasteiger partial charge in [-0.1, -0.05) is 20.8 Å². The van der Waals surface area contributed by atoms with Crippen LogP contribution in [0.15, 0.2) is 28.3 Å². The van der Waals surface area contributed by atoms with Crippen molar-refractivity contribution in [3.8, 4) is 0 Å². The zero-order chi connectivity index (χ0) is 15.9. The standard InChI is InChI=1S/C15H26N4OS/c1-11(10-20-5)19-14(16)18-9-12-6-7-17-13(8-12)21-15(2,3)4/h6-8,11H,9-10H2,1-5H3,(H3,16,18,19). The first-order valence-corrected chi connectivity index (χ1v) is 7.81. The van der Waals surface area contributed by atoms with E-state index in [4.69, 9.17) is 10.5 Å². The summed E-state index contributed by atoms with van der Waals surface area (Å²) in [6.45, 7) is 9.64. The Bertz CT molecular complexity index is 471. The zero-order valence-electron chi connectivity index (χ0n) is 13.5. The monoisotopic (exact) mass is 310 g/mol. The number of thioether (sulfide) groups is 1. The lowest BCUT2D eigenvalue weighted by atomic mass is 10.3. The predicted molar refractivity (Wildman–Crippen MR) is 89.6 cm³/mol. The minimum atomic E-state index is 0.142. The van der Waals surface area contributed by atoms with Crippen LogP contribution < -0.4 is 11.1 Å². The molecule has 1 aromatic heterocycles. The maximum absolute atomic E-state index is 5.86. The van der Waals surface area contributed by atoms with Crippen LogP contribution in [-0.4, -0.2) is 35.4 Å². The average Bonchev–Trinajstić information content (AvgIpc) is 2.35. The molecule has 3 N–H and O–H groups in total. The molecule has 0 aliphatic rings. The van der Waals surface area contributed by atoms with Crippen molar-refractivity contribution in [1.82, 2.24) is 10.3 Å². The van der Waals surface area contributed by atoms with Gasteiger partial charge in [-0.15, -0.1) is 11.8 Å². The molecule has 1 unspecified atom stereocenters. The van der Waals surface area contributed by atoms with Gasteiger partial charge in [-0.05, 0) is 24.6 Å². The van der Waals surface area contributed by atoms with E-state index in [0.29, 0.717) is 19.1 Å². The van der Waals surface area contributed by atoms with Gasteiger partial charge in [-0.2, -0.15) is 0 Å². The molecule has 0 fully saturated rings. The lowest BCUT2D eigenvalue weighted by molar-refractivity contribution is 0.179. The molecule has 0 bridgehead atoms. The molecule has 0 spiro atoms. The Morgan fingerprint density at radius 2 is 2.24 bits per heavy atom. The van der Waals surface area contributed by atoms with E-state index in [1.807, 2.05) is 19.2 Å². The highest BCUT2D eigenvalue weighted by atomic mass is 32.2. The van der Waals surface area contributed by atoms with Crippen LogP contribution in [0.3, 0.4) is 0 Å². The van der Waals surface area contributed by atoms with E-state index in [2.05, 4.69) is 42.1 Å². The minimum Gasteiger partial charge on any atom is -0.383 e. The molecule has 118 valence electrons. The van der Waals surface area contributed by atoms with Crippen LogP contribution in [0.4, 0.5) is 0 Å². The summed E-state index contributed by atoms with van der Waals surface area (Å²) in [4.78, 5) is 8.72. The number of nitrogens with zero attached hydrogens (tertiary/aromatic N) is 2. The van der Waals surface area contributed by atoms with E-state index < -0.39 is 0 Å². The fourth-order valence-corrected chi connectivity index (χ4v) is 2.64. The number of ether oxygens (including phenoxy) is 1. The summed E-state index contributed by atoms with van der Waals surface area (Å²) in [5, 5.41) is 4.09. The molecule has 0 aromatic carbocycles. The quantitative estimate of drug-likeness (QED) is 0.479. The van der Waals surface area contributed by atoms with Crippen molar-refractivity contribution in [1.29, 1.82) is 0 Å². The van der Waals surface area contributed by atoms with Gasteiger partial charge < -0.3 is 15.8 Å². The van der Waals surface area contributed by atoms with Crippen molar-refractivity contribution >= 4 is 17.7 Å². The van der Waals surface area contributed by atoms with Gasteiger partial charge in [0.25, 0.3) is 0 Å². The minimum absolute atomic E-state index is 0.142. The second-order valence-electron chi connectivity index (χ2n) is 5.92. The fourth-order valence-electron chi connectivity index (χ4n) is 1.68. The highest BCUT2D eigenvalue weighted by Crippen LogP contribution is 2.30. The number of nitrogens with one attached hydrogen (secondary N) is 1. The Labute approximate surface area is 131 Å². The van der Waals surface area contributed by atoms with Crippen LogP contribution in [0.5, 0.6) is 0 Å². The largest absolute Gasteiger partial charge is 0.383 e. The molecule has 1 rings (SSSR count). The molecule has 0 amide bonds. The van der Waals surface area contributed by atoms with Gasteiger partial charge in [-0.3, -0.25) is 0 Å². The third kappa shape index (κ3) is 7.92. The summed E-state index contributed by atoms with van der Waals surface area (Å²) in [5.74, 6) is 0.432. The Morgan fingerprint density at radius 1 is 1.52 bits per heavy atom. The van der Waals surface area contributed by atoms with Crippen molar-refractivity contribution in [2.75, 3.05) is 13.7 Å². The lowest BCUT2D eigenvalue weighted by Crippen LogP contribution is -2.40. The van der Waals surface area contributed by atoms with E-state index in [1.165, 1.54) is 0 Å². The number of hydrogen-bond donors (Lipinski definition) is 2. The van der Waals surface area contributed by atoms with Gasteiger partial charge >= 0.3 is 0 Å². The molecule has 0 radical (unpaired) electrons. The van der Waals surface area contributed by atoms with E-state index in [1.54, 1.807) is 18.9 Å². The molecular formula is C15H26N4OS. The molecule has 21 heavy (non-hydrogen) atoms. The molecule has 0 saturated carbocycles. The molecule has 1 heterocycles. The molecular weight excluding hydrogens is 284 g/mol. The molecule has 0 saturated heterocycles. The lowest BCUT2D eigenvalue weighted by Gasteiger charge is -2.17. The molecule has 1 atom stereocenters. The van der Waals surface area contributed by atoms with Gasteiger partial charge in [-0.25, -0.2) is 9.98 Å². The van der Waals surface area contributed by atoms with E-state index in [0.717, 1.165) is 10.6 Å². The van der Waals surface area contributed by atoms with Gasteiger partial charge in [0.1, 0.15) is 0 Å². The van der Waals surface area contributed by atoms with Gasteiger partial charge in [0.05, 0.1) is 18.2 Å². The molecule has 1 aromatic rings. The van der Waals surface area contributed by atoms with Gasteiger partial charge in [0.2, 0.25) is 0 Å². The van der Waals surface area contributed by atoms with E-state index >= 15 is 0 Å². The number of methoxy groups -OCH3 is 1. The highest BCUT2D eigenvalue weighted by Gasteiger charge is 2.13. The highest BCUT2D eigenvalue weighted by molar-refractivity contribution is 8.00. The maximum Gasteiger partial charge on any atom is 0.189 e. The number of hydrogen-bond acceptors (Lipinski definition) is 4. The molecule has 0 aliphatic carbocycles. The third-order valence-electron chi connectivity index (χ3n) is 2.45. The van der Waals surface area contributed by atoms with Gasteiger partial charge in [0, 0.05) is 24.1 Å². The topological polar surface area (TPSA) is 72.5 Å². The normalized spacial score (nSPS) is 14.0. The molecule has 0 aliphatic heterocycles. The second kappa shape index (κ2) is 8.24. The Morgan fingerprint density at radius 3 is 2.86 bits per heavy atom. The van der Waals surface area contributed by atoms with Crippen LogP contribution in [-0.2, 0) is 11.3 Å². The van der Waals surface area contributed by atoms with E-state index in [9.17, 15) is 0 Å². The van der Waals surface area contributed by atoms with Crippen molar-refractivity contribution in [2.24, 2.45) is 10.7 Å². The first-order valence-electron chi connectivity index (χ1n) is 6.99. The third-order valence-corrected chi connectivity index (χ3v) is 3.50. The van der Waals surface area contributed by atoms with Crippen LogP contribution in [0.1, 0.15) is 33.3 Å². The fraction of sp³-hybridized carbons (Fsp3) is 0.600. The summed E-state index contributed by atoms with van der Waals surface area (Å²) in [6, 6.07) is 4.16. The predicted octanol–water partition coefficient (Wildman–Crippen LogP) is 2.41. The van der Waals surface area contributed by atoms with Crippen LogP contribution in [0.25, 0.3) is 0 Å². The number of aromatic nitrogens is 1. The summed E-state index contributed by atoms with van der Waals surface area (Å²) >= 11 is 1.74. The second-order valence-corrected chi connectivity index (χ2v) is 7.77. The van der Waals surface area contributed by atoms with Crippen LogP contribution in [0, 0.1) is 0 Å². The maximum atomic E-state index is 5.86. The van der Waals surface area contributed by atoms with Gasteiger partial charge in [0.15, 0.2) is 5.96 Å². The molecule has 6 heteroatoms. The van der Waals surface area contributed by atoms with Crippen molar-refractivity contribution in [3.05, 3.63) is 23.9 Å². The van der Waals surface area contributed by atoms with E-state index in [-0.39, 0.29) is 10.8 Å². The van der Waals surface area contributed by atoms with Crippen molar-refractivity contribution in [3.63, 3.8) is 0 Å². The summed E-state index contributed by atoms with van der Waals surface area (Å²) in [7, 11) is 1.66. The zero-order valence-corrected chi connectivity index (χ0v) is 14.3. The number of nitrogens with two attached hydrogens (primary N) is 1. The number of rotatable bonds is 6. The number of aliphatic imine (C=N–C) groups is 1. The number of guanidine groups is 1. The first-order chi connectivity index (χ1) is 9.80. The Kier molecular flexibility index (Phi) is 6.98. The summed E-state index contributed by atoms with van der Waals surface area (Å²) in [5.41, 5.74) is 6.95. The SMILES string of the molecule is COCC(C)NC(N)=NCc1ccnc(SC(C)(C)C)c1. The van der Waals surface area contributed by atoms with Crippen LogP contribution in [0.2, 0.25) is 0 Å². The number of pyridine rings is 1. The smallest absolute Gasteiger partial charge is 0.189 e. The average molecular weight is 310 g/mol. The Balaban J connectivity index is 2.60. The van der Waals surface area contributed by atoms with Crippen molar-refractivity contribution in [2.45, 2.75) is 50.1 Å². The van der Waals surface area contributed by atoms with Crippen LogP contribution >= 0.6 is 11.8 Å². The summed E-state index contributed by atoms with van der Waals surface area (Å²) < 4.78 is 5.19. The first kappa shape index (κ1) is 17.8. The summed E-state index contributed by atoms with van der Waals surface area (Å²) in [6.07, 6.45) is 1.82.